The number of nitrogens with one attached hydrogen (secondary N) is 1. The van der Waals surface area contributed by atoms with E-state index in [1.54, 1.807) is 0 Å². The second-order valence-electron chi connectivity index (χ2n) is 7.00. The molecule has 2 nitrogen and oxygen atoms in total. The molecule has 0 aromatic heterocycles. The van der Waals surface area contributed by atoms with Crippen LogP contribution in [-0.2, 0) is 6.54 Å². The predicted molar refractivity (Wildman–Crippen MR) is 82.7 cm³/mol. The van der Waals surface area contributed by atoms with E-state index in [2.05, 4.69) is 36.5 Å². The van der Waals surface area contributed by atoms with Gasteiger partial charge in [-0.05, 0) is 48.6 Å². The maximum absolute atomic E-state index is 10.6. The Kier molecular flexibility index (Phi) is 4.13. The summed E-state index contributed by atoms with van der Waals surface area (Å²) in [6.45, 7) is 3.88. The number of hydrogen-bond acceptors (Lipinski definition) is 2. The summed E-state index contributed by atoms with van der Waals surface area (Å²) < 4.78 is 0. The van der Waals surface area contributed by atoms with Crippen molar-refractivity contribution in [2.75, 3.05) is 6.54 Å². The monoisotopic (exact) mass is 273 g/mol. The van der Waals surface area contributed by atoms with E-state index in [0.717, 1.165) is 38.3 Å². The van der Waals surface area contributed by atoms with Crippen LogP contribution >= 0.6 is 0 Å². The van der Waals surface area contributed by atoms with Crippen molar-refractivity contribution in [2.24, 2.45) is 5.92 Å². The summed E-state index contributed by atoms with van der Waals surface area (Å²) >= 11 is 0. The van der Waals surface area contributed by atoms with Gasteiger partial charge in [0.25, 0.3) is 0 Å². The molecule has 2 atom stereocenters. The summed E-state index contributed by atoms with van der Waals surface area (Å²) in [6, 6.07) is 8.77. The Labute approximate surface area is 122 Å². The minimum Gasteiger partial charge on any atom is -0.389 e. The molecule has 2 aliphatic carbocycles. The molecule has 2 unspecified atom stereocenters. The molecule has 2 fully saturated rings. The minimum absolute atomic E-state index is 0.480. The second kappa shape index (κ2) is 5.87. The van der Waals surface area contributed by atoms with Gasteiger partial charge in [0.15, 0.2) is 0 Å². The zero-order valence-corrected chi connectivity index (χ0v) is 12.6. The van der Waals surface area contributed by atoms with Crippen molar-refractivity contribution in [3.63, 3.8) is 0 Å². The van der Waals surface area contributed by atoms with Gasteiger partial charge in [-0.1, -0.05) is 44.0 Å². The highest BCUT2D eigenvalue weighted by atomic mass is 16.3. The number of hydrogen-bond donors (Lipinski definition) is 2. The molecule has 2 saturated carbocycles. The predicted octanol–water partition coefficient (Wildman–Crippen LogP) is 3.59. The zero-order valence-electron chi connectivity index (χ0n) is 12.6. The van der Waals surface area contributed by atoms with E-state index in [4.69, 9.17) is 0 Å². The molecule has 110 valence electrons. The molecule has 0 radical (unpaired) electrons. The van der Waals surface area contributed by atoms with Crippen LogP contribution in [0, 0.1) is 5.92 Å². The summed E-state index contributed by atoms with van der Waals surface area (Å²) in [6.07, 6.45) is 7.03. The molecule has 2 aliphatic rings. The van der Waals surface area contributed by atoms with Crippen molar-refractivity contribution in [3.05, 3.63) is 35.4 Å². The third-order valence-electron chi connectivity index (χ3n) is 4.91. The summed E-state index contributed by atoms with van der Waals surface area (Å²) in [5.41, 5.74) is 2.46. The Hall–Kier alpha value is -0.860. The molecule has 0 saturated heterocycles. The van der Waals surface area contributed by atoms with Gasteiger partial charge >= 0.3 is 0 Å². The first-order valence-corrected chi connectivity index (χ1v) is 8.17. The van der Waals surface area contributed by atoms with Crippen LogP contribution in [0.3, 0.4) is 0 Å². The fourth-order valence-corrected chi connectivity index (χ4v) is 3.71. The molecular formula is C18H27NO. The van der Waals surface area contributed by atoms with Gasteiger partial charge in [0.1, 0.15) is 0 Å². The van der Waals surface area contributed by atoms with Gasteiger partial charge in [-0.25, -0.2) is 0 Å². The molecule has 0 bridgehead atoms. The molecule has 20 heavy (non-hydrogen) atoms. The highest BCUT2D eigenvalue weighted by molar-refractivity contribution is 5.33. The first-order valence-electron chi connectivity index (χ1n) is 8.17. The highest BCUT2D eigenvalue weighted by Gasteiger charge is 2.32. The Morgan fingerprint density at radius 2 is 2.05 bits per heavy atom. The minimum atomic E-state index is -0.480. The van der Waals surface area contributed by atoms with Crippen molar-refractivity contribution in [1.29, 1.82) is 0 Å². The topological polar surface area (TPSA) is 32.3 Å². The van der Waals surface area contributed by atoms with Crippen LogP contribution < -0.4 is 5.32 Å². The Morgan fingerprint density at radius 3 is 2.80 bits per heavy atom. The van der Waals surface area contributed by atoms with E-state index >= 15 is 0 Å². The van der Waals surface area contributed by atoms with Gasteiger partial charge in [0, 0.05) is 13.1 Å². The molecule has 2 N–H and O–H groups in total. The number of aliphatic hydroxyl groups is 1. The molecule has 1 aromatic carbocycles. The molecule has 1 aromatic rings. The quantitative estimate of drug-likeness (QED) is 0.859. The SMILES string of the molecule is CC1CCCC(O)(CNCc2ccccc2C2CC2)C1. The van der Waals surface area contributed by atoms with E-state index in [1.807, 2.05) is 0 Å². The summed E-state index contributed by atoms with van der Waals surface area (Å²) in [5.74, 6) is 1.46. The standard InChI is InChI=1S/C18H27NO/c1-14-5-4-10-18(20,11-14)13-19-12-16-6-2-3-7-17(16)15-8-9-15/h2-3,6-7,14-15,19-20H,4-5,8-13H2,1H3. The Balaban J connectivity index is 1.55. The largest absolute Gasteiger partial charge is 0.389 e. The summed E-state index contributed by atoms with van der Waals surface area (Å²) in [7, 11) is 0. The lowest BCUT2D eigenvalue weighted by molar-refractivity contribution is -0.0119. The first kappa shape index (κ1) is 14.1. The van der Waals surface area contributed by atoms with Crippen LogP contribution in [0.1, 0.15) is 62.5 Å². The third-order valence-corrected chi connectivity index (χ3v) is 4.91. The lowest BCUT2D eigenvalue weighted by Crippen LogP contribution is -2.43. The maximum atomic E-state index is 10.6. The van der Waals surface area contributed by atoms with E-state index in [0.29, 0.717) is 5.92 Å². The smallest absolute Gasteiger partial charge is 0.0774 e. The first-order chi connectivity index (χ1) is 9.66. The Bertz CT molecular complexity index is 454. The molecule has 2 heteroatoms. The van der Waals surface area contributed by atoms with Gasteiger partial charge in [-0.3, -0.25) is 0 Å². The molecule has 0 amide bonds. The van der Waals surface area contributed by atoms with Gasteiger partial charge in [0.05, 0.1) is 5.60 Å². The van der Waals surface area contributed by atoms with E-state index in [1.165, 1.54) is 30.4 Å². The summed E-state index contributed by atoms with van der Waals surface area (Å²) in [5, 5.41) is 14.2. The normalized spacial score (nSPS) is 30.4. The average Bonchev–Trinajstić information content (AvgIpc) is 3.23. The molecular weight excluding hydrogens is 246 g/mol. The zero-order chi connectivity index (χ0) is 14.0. The van der Waals surface area contributed by atoms with Crippen LogP contribution in [0.15, 0.2) is 24.3 Å². The lowest BCUT2D eigenvalue weighted by Gasteiger charge is -2.35. The maximum Gasteiger partial charge on any atom is 0.0774 e. The van der Waals surface area contributed by atoms with Crippen molar-refractivity contribution in [2.45, 2.75) is 63.5 Å². The molecule has 0 spiro atoms. The van der Waals surface area contributed by atoms with Crippen molar-refractivity contribution in [3.8, 4) is 0 Å². The van der Waals surface area contributed by atoms with E-state index < -0.39 is 5.60 Å². The van der Waals surface area contributed by atoms with Crippen molar-refractivity contribution >= 4 is 0 Å². The van der Waals surface area contributed by atoms with Gasteiger partial charge < -0.3 is 10.4 Å². The van der Waals surface area contributed by atoms with E-state index in [9.17, 15) is 5.11 Å². The summed E-state index contributed by atoms with van der Waals surface area (Å²) in [4.78, 5) is 0. The fourth-order valence-electron chi connectivity index (χ4n) is 3.71. The van der Waals surface area contributed by atoms with E-state index in [-0.39, 0.29) is 0 Å². The molecule has 0 aliphatic heterocycles. The number of rotatable bonds is 5. The van der Waals surface area contributed by atoms with Crippen LogP contribution in [0.25, 0.3) is 0 Å². The van der Waals surface area contributed by atoms with Crippen LogP contribution in [-0.4, -0.2) is 17.3 Å². The third kappa shape index (κ3) is 3.42. The van der Waals surface area contributed by atoms with Gasteiger partial charge in [0.2, 0.25) is 0 Å². The van der Waals surface area contributed by atoms with Gasteiger partial charge in [-0.2, -0.15) is 0 Å². The van der Waals surface area contributed by atoms with Crippen LogP contribution in [0.5, 0.6) is 0 Å². The highest BCUT2D eigenvalue weighted by Crippen LogP contribution is 2.41. The lowest BCUT2D eigenvalue weighted by atomic mass is 9.79. The second-order valence-corrected chi connectivity index (χ2v) is 7.00. The van der Waals surface area contributed by atoms with Crippen molar-refractivity contribution in [1.82, 2.24) is 5.32 Å². The van der Waals surface area contributed by atoms with Crippen molar-refractivity contribution < 1.29 is 5.11 Å². The molecule has 3 rings (SSSR count). The average molecular weight is 273 g/mol. The van der Waals surface area contributed by atoms with Crippen LogP contribution in [0.2, 0.25) is 0 Å². The van der Waals surface area contributed by atoms with Crippen LogP contribution in [0.4, 0.5) is 0 Å². The van der Waals surface area contributed by atoms with Gasteiger partial charge in [-0.15, -0.1) is 0 Å². The Morgan fingerprint density at radius 1 is 1.25 bits per heavy atom. The molecule has 0 heterocycles. The fraction of sp³-hybridized carbons (Fsp3) is 0.667. The number of benzene rings is 1.